The third kappa shape index (κ3) is 6.08. The Labute approximate surface area is 142 Å². The van der Waals surface area contributed by atoms with Gasteiger partial charge in [0, 0.05) is 6.42 Å². The molecular weight excluding hydrogens is 404 g/mol. The van der Waals surface area contributed by atoms with E-state index in [1.54, 1.807) is 7.11 Å². The smallest absolute Gasteiger partial charge is 0.118 e. The van der Waals surface area contributed by atoms with Gasteiger partial charge in [0.25, 0.3) is 0 Å². The normalized spacial score (nSPS) is 15.3. The van der Waals surface area contributed by atoms with Gasteiger partial charge < -0.3 is 19.7 Å². The van der Waals surface area contributed by atoms with E-state index in [9.17, 15) is 10.2 Å². The SMILES string of the molecule is C=C(Br)C[C@](O)(COCc1ccc(OC)cc1)[C@@H](Br)CO. The van der Waals surface area contributed by atoms with Crippen LogP contribution in [0, 0.1) is 0 Å². The molecule has 0 heterocycles. The van der Waals surface area contributed by atoms with E-state index < -0.39 is 10.4 Å². The molecule has 4 nitrogen and oxygen atoms in total. The molecule has 0 unspecified atom stereocenters. The molecule has 2 N–H and O–H groups in total. The first kappa shape index (κ1) is 18.6. The van der Waals surface area contributed by atoms with Gasteiger partial charge in [-0.15, -0.1) is 0 Å². The second-order valence-corrected chi connectivity index (χ2v) is 7.02. The maximum absolute atomic E-state index is 10.6. The predicted octanol–water partition coefficient (Wildman–Crippen LogP) is 3.00. The standard InChI is InChI=1S/C15H20Br2O4/c1-11(16)7-15(19,14(17)8-18)10-21-9-12-3-5-13(20-2)6-4-12/h3-6,14,18-19H,1,7-10H2,2H3/t14-,15-/m0/s1. The summed E-state index contributed by atoms with van der Waals surface area (Å²) in [6.07, 6.45) is 0.284. The van der Waals surface area contributed by atoms with Gasteiger partial charge in [-0.25, -0.2) is 0 Å². The van der Waals surface area contributed by atoms with Gasteiger partial charge in [0.15, 0.2) is 0 Å². The number of benzene rings is 1. The molecule has 0 bridgehead atoms. The zero-order valence-electron chi connectivity index (χ0n) is 11.9. The number of methoxy groups -OCH3 is 1. The van der Waals surface area contributed by atoms with E-state index in [0.29, 0.717) is 11.1 Å². The molecule has 1 aromatic rings. The summed E-state index contributed by atoms with van der Waals surface area (Å²) >= 11 is 6.51. The van der Waals surface area contributed by atoms with Crippen molar-refractivity contribution < 1.29 is 19.7 Å². The molecule has 0 aliphatic heterocycles. The van der Waals surface area contributed by atoms with Crippen LogP contribution in [0.4, 0.5) is 0 Å². The quantitative estimate of drug-likeness (QED) is 0.599. The number of hydrogen-bond acceptors (Lipinski definition) is 4. The monoisotopic (exact) mass is 422 g/mol. The van der Waals surface area contributed by atoms with Gasteiger partial charge in [-0.1, -0.05) is 50.6 Å². The van der Waals surface area contributed by atoms with Crippen LogP contribution < -0.4 is 4.74 Å². The fraction of sp³-hybridized carbons (Fsp3) is 0.467. The third-order valence-corrected chi connectivity index (χ3v) is 4.44. The van der Waals surface area contributed by atoms with Crippen molar-refractivity contribution in [1.82, 2.24) is 0 Å². The summed E-state index contributed by atoms with van der Waals surface area (Å²) in [4.78, 5) is -0.491. The second-order valence-electron chi connectivity index (χ2n) is 4.79. The van der Waals surface area contributed by atoms with E-state index >= 15 is 0 Å². The summed E-state index contributed by atoms with van der Waals surface area (Å²) in [5.41, 5.74) is -0.243. The number of alkyl halides is 1. The maximum atomic E-state index is 10.6. The Morgan fingerprint density at radius 1 is 1.38 bits per heavy atom. The van der Waals surface area contributed by atoms with Crippen molar-refractivity contribution in [3.63, 3.8) is 0 Å². The lowest BCUT2D eigenvalue weighted by Gasteiger charge is -2.31. The second kappa shape index (κ2) is 8.90. The fourth-order valence-electron chi connectivity index (χ4n) is 1.82. The summed E-state index contributed by atoms with van der Waals surface area (Å²) in [6.45, 7) is 3.99. The van der Waals surface area contributed by atoms with Gasteiger partial charge in [-0.2, -0.15) is 0 Å². The Hall–Kier alpha value is -0.400. The molecule has 0 amide bonds. The number of aliphatic hydroxyl groups excluding tert-OH is 1. The molecule has 1 aromatic carbocycles. The Kier molecular flexibility index (Phi) is 7.90. The molecule has 0 spiro atoms. The highest BCUT2D eigenvalue weighted by Gasteiger charge is 2.35. The summed E-state index contributed by atoms with van der Waals surface area (Å²) in [5, 5.41) is 19.8. The van der Waals surface area contributed by atoms with Crippen molar-refractivity contribution in [2.24, 2.45) is 0 Å². The molecule has 2 atom stereocenters. The average molecular weight is 424 g/mol. The van der Waals surface area contributed by atoms with Crippen LogP contribution in [0.5, 0.6) is 5.75 Å². The first-order valence-electron chi connectivity index (χ1n) is 6.42. The lowest BCUT2D eigenvalue weighted by molar-refractivity contribution is -0.0564. The van der Waals surface area contributed by atoms with E-state index in [2.05, 4.69) is 38.4 Å². The van der Waals surface area contributed by atoms with Crippen molar-refractivity contribution in [2.45, 2.75) is 23.5 Å². The molecule has 0 aromatic heterocycles. The van der Waals surface area contributed by atoms with Gasteiger partial charge in [0.1, 0.15) is 11.4 Å². The highest BCUT2D eigenvalue weighted by atomic mass is 79.9. The van der Waals surface area contributed by atoms with Crippen molar-refractivity contribution in [2.75, 3.05) is 20.3 Å². The minimum atomic E-state index is -1.22. The first-order chi connectivity index (χ1) is 9.91. The predicted molar refractivity (Wildman–Crippen MR) is 90.1 cm³/mol. The zero-order chi connectivity index (χ0) is 15.9. The lowest BCUT2D eigenvalue weighted by Crippen LogP contribution is -2.45. The molecule has 6 heteroatoms. The van der Waals surface area contributed by atoms with Crippen molar-refractivity contribution in [1.29, 1.82) is 0 Å². The molecule has 0 fully saturated rings. The average Bonchev–Trinajstić information content (AvgIpc) is 2.46. The third-order valence-electron chi connectivity index (χ3n) is 3.02. The van der Waals surface area contributed by atoms with Crippen LogP contribution in [0.1, 0.15) is 12.0 Å². The highest BCUT2D eigenvalue weighted by Crippen LogP contribution is 2.28. The van der Waals surface area contributed by atoms with Crippen LogP contribution >= 0.6 is 31.9 Å². The molecule has 21 heavy (non-hydrogen) atoms. The van der Waals surface area contributed by atoms with E-state index in [-0.39, 0.29) is 19.6 Å². The van der Waals surface area contributed by atoms with E-state index in [1.165, 1.54) is 0 Å². The van der Waals surface area contributed by atoms with Gasteiger partial charge in [0.05, 0.1) is 31.8 Å². The van der Waals surface area contributed by atoms with Crippen LogP contribution in [0.15, 0.2) is 35.3 Å². The fourth-order valence-corrected chi connectivity index (χ4v) is 2.60. The Balaban J connectivity index is 2.58. The summed E-state index contributed by atoms with van der Waals surface area (Å²) in [6, 6.07) is 7.51. The molecule has 0 aliphatic rings. The molecule has 1 rings (SSSR count). The molecule has 118 valence electrons. The minimum Gasteiger partial charge on any atom is -0.497 e. The van der Waals surface area contributed by atoms with Crippen molar-refractivity contribution in [3.8, 4) is 5.75 Å². The van der Waals surface area contributed by atoms with Crippen LogP contribution in [-0.2, 0) is 11.3 Å². The van der Waals surface area contributed by atoms with Crippen LogP contribution in [0.25, 0.3) is 0 Å². The Bertz CT molecular complexity index is 449. The van der Waals surface area contributed by atoms with Crippen molar-refractivity contribution in [3.05, 3.63) is 40.9 Å². The van der Waals surface area contributed by atoms with Crippen LogP contribution in [-0.4, -0.2) is 41.0 Å². The summed E-state index contributed by atoms with van der Waals surface area (Å²) < 4.78 is 11.3. The molecule has 0 saturated carbocycles. The van der Waals surface area contributed by atoms with Gasteiger partial charge >= 0.3 is 0 Å². The molecular formula is C15H20Br2O4. The van der Waals surface area contributed by atoms with Crippen LogP contribution in [0.3, 0.4) is 0 Å². The Morgan fingerprint density at radius 2 is 2.00 bits per heavy atom. The molecule has 0 saturated heterocycles. The lowest BCUT2D eigenvalue weighted by atomic mass is 9.97. The summed E-state index contributed by atoms with van der Waals surface area (Å²) in [5.74, 6) is 0.784. The molecule has 0 aliphatic carbocycles. The zero-order valence-corrected chi connectivity index (χ0v) is 15.1. The topological polar surface area (TPSA) is 58.9 Å². The van der Waals surface area contributed by atoms with E-state index in [1.807, 2.05) is 24.3 Å². The van der Waals surface area contributed by atoms with Crippen molar-refractivity contribution >= 4 is 31.9 Å². The van der Waals surface area contributed by atoms with Crippen LogP contribution in [0.2, 0.25) is 0 Å². The summed E-state index contributed by atoms with van der Waals surface area (Å²) in [7, 11) is 1.61. The number of rotatable bonds is 9. The number of halogens is 2. The highest BCUT2D eigenvalue weighted by molar-refractivity contribution is 9.11. The largest absolute Gasteiger partial charge is 0.497 e. The first-order valence-corrected chi connectivity index (χ1v) is 8.13. The van der Waals surface area contributed by atoms with Gasteiger partial charge in [-0.05, 0) is 22.2 Å². The Morgan fingerprint density at radius 3 is 2.48 bits per heavy atom. The number of ether oxygens (including phenoxy) is 2. The number of hydrogen-bond donors (Lipinski definition) is 2. The van der Waals surface area contributed by atoms with Gasteiger partial charge in [0.2, 0.25) is 0 Å². The maximum Gasteiger partial charge on any atom is 0.118 e. The van der Waals surface area contributed by atoms with E-state index in [4.69, 9.17) is 9.47 Å². The van der Waals surface area contributed by atoms with E-state index in [0.717, 1.165) is 11.3 Å². The number of aliphatic hydroxyl groups is 2. The molecule has 0 radical (unpaired) electrons. The minimum absolute atomic E-state index is 0.0835. The van der Waals surface area contributed by atoms with Gasteiger partial charge in [-0.3, -0.25) is 0 Å².